The van der Waals surface area contributed by atoms with E-state index in [0.29, 0.717) is 0 Å². The summed E-state index contributed by atoms with van der Waals surface area (Å²) in [6.07, 6.45) is 0.274. The van der Waals surface area contributed by atoms with Crippen LogP contribution in [0.3, 0.4) is 0 Å². The van der Waals surface area contributed by atoms with E-state index in [1.807, 2.05) is 60.7 Å². The Labute approximate surface area is 168 Å². The molecule has 0 unspecified atom stereocenters. The normalized spacial score (nSPS) is 11.5. The van der Waals surface area contributed by atoms with E-state index in [1.165, 1.54) is 4.31 Å². The summed E-state index contributed by atoms with van der Waals surface area (Å²) in [5, 5.41) is 10.3. The summed E-state index contributed by atoms with van der Waals surface area (Å²) in [5.74, 6) is -0.245. The fourth-order valence-electron chi connectivity index (χ4n) is 2.48. The molecule has 0 spiro atoms. The third-order valence-electron chi connectivity index (χ3n) is 3.94. The molecule has 146 valence electrons. The number of hydrogen-bond donors (Lipinski definition) is 1. The summed E-state index contributed by atoms with van der Waals surface area (Å²) in [5.41, 5.74) is 1.73. The number of nitrogens with zero attached hydrogens (tertiary/aromatic N) is 3. The molecule has 2 aromatic carbocycles. The minimum absolute atomic E-state index is 0.147. The van der Waals surface area contributed by atoms with Crippen LogP contribution < -0.4 is 5.32 Å². The van der Waals surface area contributed by atoms with Crippen LogP contribution >= 0.6 is 11.3 Å². The first-order valence-electron chi connectivity index (χ1n) is 8.70. The highest BCUT2D eigenvalue weighted by Gasteiger charge is 2.29. The molecule has 9 heteroatoms. The van der Waals surface area contributed by atoms with Crippen LogP contribution in [0.1, 0.15) is 24.5 Å². The number of carbonyl (C=O) groups is 1. The third-order valence-corrected chi connectivity index (χ3v) is 6.91. The Morgan fingerprint density at radius 1 is 0.964 bits per heavy atom. The van der Waals surface area contributed by atoms with Crippen molar-refractivity contribution in [2.24, 2.45) is 0 Å². The van der Waals surface area contributed by atoms with Crippen LogP contribution in [0.25, 0.3) is 0 Å². The Morgan fingerprint density at radius 2 is 1.50 bits per heavy atom. The lowest BCUT2D eigenvalue weighted by Gasteiger charge is -2.21. The lowest BCUT2D eigenvalue weighted by atomic mass is 10.2. The van der Waals surface area contributed by atoms with Gasteiger partial charge in [0.05, 0.1) is 0 Å². The van der Waals surface area contributed by atoms with Crippen LogP contribution in [0, 0.1) is 0 Å². The van der Waals surface area contributed by atoms with Crippen molar-refractivity contribution in [3.8, 4) is 0 Å². The monoisotopic (exact) mass is 416 g/mol. The summed E-state index contributed by atoms with van der Waals surface area (Å²) in [4.78, 5) is 11.5. The van der Waals surface area contributed by atoms with Crippen LogP contribution in [0.4, 0.5) is 5.13 Å². The van der Waals surface area contributed by atoms with E-state index < -0.39 is 10.0 Å². The number of hydrogen-bond acceptors (Lipinski definition) is 6. The van der Waals surface area contributed by atoms with Crippen molar-refractivity contribution in [3.63, 3.8) is 0 Å². The van der Waals surface area contributed by atoms with Crippen molar-refractivity contribution in [3.05, 3.63) is 71.8 Å². The predicted octanol–water partition coefficient (Wildman–Crippen LogP) is 3.28. The Balaban J connectivity index is 1.90. The smallest absolute Gasteiger partial charge is 0.272 e. The predicted molar refractivity (Wildman–Crippen MR) is 108 cm³/mol. The van der Waals surface area contributed by atoms with E-state index in [1.54, 1.807) is 6.92 Å². The molecule has 0 aliphatic carbocycles. The van der Waals surface area contributed by atoms with Crippen LogP contribution in [-0.4, -0.2) is 28.8 Å². The average molecular weight is 417 g/mol. The van der Waals surface area contributed by atoms with E-state index in [2.05, 4.69) is 15.5 Å². The molecule has 0 saturated heterocycles. The van der Waals surface area contributed by atoms with Crippen molar-refractivity contribution in [2.75, 3.05) is 5.32 Å². The largest absolute Gasteiger partial charge is 0.301 e. The zero-order valence-corrected chi connectivity index (χ0v) is 16.9. The summed E-state index contributed by atoms with van der Waals surface area (Å²) in [7, 11) is -3.89. The van der Waals surface area contributed by atoms with Crippen LogP contribution in [0.15, 0.2) is 65.0 Å². The second-order valence-electron chi connectivity index (χ2n) is 6.02. The van der Waals surface area contributed by atoms with Gasteiger partial charge in [0.2, 0.25) is 15.4 Å². The highest BCUT2D eigenvalue weighted by Crippen LogP contribution is 2.26. The minimum atomic E-state index is -3.89. The molecule has 1 N–H and O–H groups in total. The van der Waals surface area contributed by atoms with Gasteiger partial charge in [0.15, 0.2) is 0 Å². The van der Waals surface area contributed by atoms with Gasteiger partial charge in [-0.25, -0.2) is 8.42 Å². The molecule has 3 rings (SSSR count). The highest BCUT2D eigenvalue weighted by atomic mass is 32.2. The number of aromatic nitrogens is 2. The first-order chi connectivity index (χ1) is 13.5. The van der Waals surface area contributed by atoms with Gasteiger partial charge in [-0.05, 0) is 11.1 Å². The number of nitrogens with one attached hydrogen (secondary N) is 1. The Morgan fingerprint density at radius 3 is 2.00 bits per heavy atom. The fourth-order valence-corrected chi connectivity index (χ4v) is 4.95. The molecule has 1 amide bonds. The zero-order valence-electron chi connectivity index (χ0n) is 15.3. The Kier molecular flexibility index (Phi) is 6.50. The molecule has 1 heterocycles. The number of benzene rings is 2. The van der Waals surface area contributed by atoms with Gasteiger partial charge >= 0.3 is 0 Å². The van der Waals surface area contributed by atoms with Crippen molar-refractivity contribution >= 4 is 32.4 Å². The topological polar surface area (TPSA) is 92.3 Å². The van der Waals surface area contributed by atoms with Crippen molar-refractivity contribution in [1.82, 2.24) is 14.5 Å². The first kappa shape index (κ1) is 20.1. The summed E-state index contributed by atoms with van der Waals surface area (Å²) in [6, 6.07) is 18.7. The number of sulfonamides is 1. The lowest BCUT2D eigenvalue weighted by molar-refractivity contribution is -0.115. The number of rotatable bonds is 8. The lowest BCUT2D eigenvalue weighted by Crippen LogP contribution is -2.30. The highest BCUT2D eigenvalue weighted by molar-refractivity contribution is 7.91. The minimum Gasteiger partial charge on any atom is -0.301 e. The maximum absolute atomic E-state index is 13.2. The van der Waals surface area contributed by atoms with Gasteiger partial charge < -0.3 is 5.32 Å². The van der Waals surface area contributed by atoms with Gasteiger partial charge in [0, 0.05) is 19.5 Å². The quantitative estimate of drug-likeness (QED) is 0.569. The second-order valence-corrected chi connectivity index (χ2v) is 9.11. The molecule has 0 bridgehead atoms. The maximum Gasteiger partial charge on any atom is 0.272 e. The maximum atomic E-state index is 13.2. The molecular formula is C19H20N4O3S2. The molecule has 0 fully saturated rings. The van der Waals surface area contributed by atoms with E-state index in [-0.39, 0.29) is 34.9 Å². The van der Waals surface area contributed by atoms with Crippen LogP contribution in [0.2, 0.25) is 0 Å². The molecule has 0 aliphatic heterocycles. The van der Waals surface area contributed by atoms with Crippen molar-refractivity contribution in [1.29, 1.82) is 0 Å². The standard InChI is InChI=1S/C19H20N4O3S2/c1-2-17(24)20-18-21-22-19(27-18)28(25,26)23(13-15-9-5-3-6-10-15)14-16-11-7-4-8-12-16/h3-12H,2,13-14H2,1H3,(H,20,21,24). The molecule has 7 nitrogen and oxygen atoms in total. The molecule has 0 radical (unpaired) electrons. The number of carbonyl (C=O) groups excluding carboxylic acids is 1. The van der Waals surface area contributed by atoms with E-state index >= 15 is 0 Å². The van der Waals surface area contributed by atoms with Crippen LogP contribution in [-0.2, 0) is 27.9 Å². The van der Waals surface area contributed by atoms with Crippen molar-refractivity contribution < 1.29 is 13.2 Å². The van der Waals surface area contributed by atoms with Gasteiger partial charge in [0.1, 0.15) is 0 Å². The molecule has 3 aromatic rings. The average Bonchev–Trinajstić information content (AvgIpc) is 3.18. The van der Waals surface area contributed by atoms with Gasteiger partial charge in [0.25, 0.3) is 10.0 Å². The van der Waals surface area contributed by atoms with E-state index in [4.69, 9.17) is 0 Å². The Bertz CT molecular complexity index is 980. The fraction of sp³-hybridized carbons (Fsp3) is 0.211. The van der Waals surface area contributed by atoms with Gasteiger partial charge in [-0.1, -0.05) is 78.9 Å². The third kappa shape index (κ3) is 5.00. The summed E-state index contributed by atoms with van der Waals surface area (Å²) < 4.78 is 27.7. The van der Waals surface area contributed by atoms with Gasteiger partial charge in [-0.2, -0.15) is 4.31 Å². The van der Waals surface area contributed by atoms with Gasteiger partial charge in [-0.3, -0.25) is 4.79 Å². The number of amides is 1. The summed E-state index contributed by atoms with van der Waals surface area (Å²) >= 11 is 0.849. The second kappa shape index (κ2) is 9.05. The van der Waals surface area contributed by atoms with E-state index in [0.717, 1.165) is 22.5 Å². The van der Waals surface area contributed by atoms with Crippen molar-refractivity contribution in [2.45, 2.75) is 30.8 Å². The first-order valence-corrected chi connectivity index (χ1v) is 11.0. The van der Waals surface area contributed by atoms with Gasteiger partial charge in [-0.15, -0.1) is 10.2 Å². The molecule has 0 saturated carbocycles. The molecule has 0 atom stereocenters. The molecule has 1 aromatic heterocycles. The SMILES string of the molecule is CCC(=O)Nc1nnc(S(=O)(=O)N(Cc2ccccc2)Cc2ccccc2)s1. The van der Waals surface area contributed by atoms with E-state index in [9.17, 15) is 13.2 Å². The molecule has 0 aliphatic rings. The molecule has 28 heavy (non-hydrogen) atoms. The Hall–Kier alpha value is -2.62. The number of anilines is 1. The van der Waals surface area contributed by atoms with Crippen LogP contribution in [0.5, 0.6) is 0 Å². The molecular weight excluding hydrogens is 396 g/mol. The zero-order chi connectivity index (χ0) is 20.0. The summed E-state index contributed by atoms with van der Waals surface area (Å²) in [6.45, 7) is 2.11.